The molecule has 2 aromatic rings. The summed E-state index contributed by atoms with van der Waals surface area (Å²) in [7, 11) is 0. The van der Waals surface area contributed by atoms with Crippen LogP contribution in [0.1, 0.15) is 5.56 Å². The van der Waals surface area contributed by atoms with E-state index in [9.17, 15) is 4.39 Å². The Morgan fingerprint density at radius 3 is 2.35 bits per heavy atom. The highest BCUT2D eigenvalue weighted by atomic mass is 35.5. The van der Waals surface area contributed by atoms with Crippen molar-refractivity contribution in [2.75, 3.05) is 5.32 Å². The van der Waals surface area contributed by atoms with Gasteiger partial charge in [-0.3, -0.25) is 0 Å². The van der Waals surface area contributed by atoms with E-state index in [0.29, 0.717) is 16.6 Å². The Balaban J connectivity index is 2.07. The van der Waals surface area contributed by atoms with Crippen molar-refractivity contribution in [2.24, 2.45) is 0 Å². The van der Waals surface area contributed by atoms with Crippen molar-refractivity contribution in [2.45, 2.75) is 6.54 Å². The molecule has 2 rings (SSSR count). The second-order valence-corrected chi connectivity index (χ2v) is 4.51. The van der Waals surface area contributed by atoms with Crippen LogP contribution in [0.4, 0.5) is 10.1 Å². The van der Waals surface area contributed by atoms with Crippen LogP contribution in [0.3, 0.4) is 0 Å². The first-order valence-corrected chi connectivity index (χ1v) is 5.83. The van der Waals surface area contributed by atoms with Gasteiger partial charge in [-0.05, 0) is 35.9 Å². The van der Waals surface area contributed by atoms with Crippen molar-refractivity contribution in [1.29, 1.82) is 0 Å². The Hall–Kier alpha value is -1.25. The van der Waals surface area contributed by atoms with Crippen LogP contribution in [-0.4, -0.2) is 0 Å². The zero-order valence-electron chi connectivity index (χ0n) is 8.88. The van der Waals surface area contributed by atoms with Gasteiger partial charge in [-0.2, -0.15) is 0 Å². The van der Waals surface area contributed by atoms with E-state index < -0.39 is 0 Å². The van der Waals surface area contributed by atoms with Gasteiger partial charge in [0.15, 0.2) is 0 Å². The summed E-state index contributed by atoms with van der Waals surface area (Å²) in [5, 5.41) is 4.27. The van der Waals surface area contributed by atoms with Crippen LogP contribution in [0.15, 0.2) is 42.5 Å². The lowest BCUT2D eigenvalue weighted by atomic mass is 10.2. The highest BCUT2D eigenvalue weighted by Gasteiger charge is 1.99. The Morgan fingerprint density at radius 1 is 1.00 bits per heavy atom. The van der Waals surface area contributed by atoms with E-state index in [-0.39, 0.29) is 5.82 Å². The molecule has 0 saturated heterocycles. The molecule has 88 valence electrons. The summed E-state index contributed by atoms with van der Waals surface area (Å²) in [6, 6.07) is 11.6. The normalized spacial score (nSPS) is 10.3. The topological polar surface area (TPSA) is 12.0 Å². The smallest absolute Gasteiger partial charge is 0.123 e. The zero-order chi connectivity index (χ0) is 12.3. The molecule has 0 radical (unpaired) electrons. The highest BCUT2D eigenvalue weighted by Crippen LogP contribution is 2.22. The second-order valence-electron chi connectivity index (χ2n) is 3.64. The van der Waals surface area contributed by atoms with E-state index in [4.69, 9.17) is 23.2 Å². The van der Waals surface area contributed by atoms with Crippen LogP contribution >= 0.6 is 23.2 Å². The Labute approximate surface area is 109 Å². The molecule has 0 saturated carbocycles. The molecule has 17 heavy (non-hydrogen) atoms. The average Bonchev–Trinajstić information content (AvgIpc) is 2.25. The molecule has 0 bridgehead atoms. The van der Waals surface area contributed by atoms with Gasteiger partial charge in [0.2, 0.25) is 0 Å². The summed E-state index contributed by atoms with van der Waals surface area (Å²) in [5.74, 6) is -0.242. The lowest BCUT2D eigenvalue weighted by molar-refractivity contribution is 0.626. The number of halogens is 3. The first-order chi connectivity index (χ1) is 8.13. The maximum absolute atomic E-state index is 13.0. The minimum absolute atomic E-state index is 0.242. The largest absolute Gasteiger partial charge is 0.381 e. The zero-order valence-corrected chi connectivity index (χ0v) is 10.4. The van der Waals surface area contributed by atoms with E-state index in [1.54, 1.807) is 24.3 Å². The van der Waals surface area contributed by atoms with E-state index in [0.717, 1.165) is 11.3 Å². The molecular weight excluding hydrogens is 260 g/mol. The predicted molar refractivity (Wildman–Crippen MR) is 70.2 cm³/mol. The van der Waals surface area contributed by atoms with E-state index in [2.05, 4.69) is 5.32 Å². The molecule has 1 N–H and O–H groups in total. The molecule has 4 heteroatoms. The van der Waals surface area contributed by atoms with Gasteiger partial charge in [0, 0.05) is 22.3 Å². The third-order valence-electron chi connectivity index (χ3n) is 2.25. The molecule has 0 spiro atoms. The molecule has 0 fully saturated rings. The van der Waals surface area contributed by atoms with E-state index in [1.165, 1.54) is 12.1 Å². The molecule has 0 aliphatic carbocycles. The van der Waals surface area contributed by atoms with Crippen molar-refractivity contribution in [3.63, 3.8) is 0 Å². The summed E-state index contributed by atoms with van der Waals surface area (Å²) >= 11 is 11.7. The van der Waals surface area contributed by atoms with Gasteiger partial charge < -0.3 is 5.32 Å². The number of benzene rings is 2. The number of hydrogen-bond acceptors (Lipinski definition) is 1. The van der Waals surface area contributed by atoms with Crippen molar-refractivity contribution in [3.05, 3.63) is 63.9 Å². The van der Waals surface area contributed by atoms with Gasteiger partial charge in [-0.1, -0.05) is 35.3 Å². The van der Waals surface area contributed by atoms with Crippen LogP contribution in [-0.2, 0) is 6.54 Å². The van der Waals surface area contributed by atoms with Crippen molar-refractivity contribution >= 4 is 28.9 Å². The van der Waals surface area contributed by atoms with Crippen molar-refractivity contribution in [1.82, 2.24) is 0 Å². The first-order valence-electron chi connectivity index (χ1n) is 5.08. The minimum Gasteiger partial charge on any atom is -0.381 e. The summed E-state index contributed by atoms with van der Waals surface area (Å²) in [4.78, 5) is 0. The molecule has 2 aromatic carbocycles. The maximum Gasteiger partial charge on any atom is 0.123 e. The molecule has 0 aliphatic rings. The molecular formula is C13H10Cl2FN. The highest BCUT2D eigenvalue weighted by molar-refractivity contribution is 6.35. The number of hydrogen-bond donors (Lipinski definition) is 1. The lowest BCUT2D eigenvalue weighted by Gasteiger charge is -2.07. The quantitative estimate of drug-likeness (QED) is 0.849. The predicted octanol–water partition coefficient (Wildman–Crippen LogP) is 4.74. The summed E-state index contributed by atoms with van der Waals surface area (Å²) in [5.41, 5.74) is 1.67. The fourth-order valence-corrected chi connectivity index (χ4v) is 2.03. The van der Waals surface area contributed by atoms with Gasteiger partial charge in [0.05, 0.1) is 0 Å². The molecule has 0 aromatic heterocycles. The molecule has 0 heterocycles. The lowest BCUT2D eigenvalue weighted by Crippen LogP contribution is -1.99. The molecule has 0 unspecified atom stereocenters. The van der Waals surface area contributed by atoms with Crippen LogP contribution < -0.4 is 5.32 Å². The van der Waals surface area contributed by atoms with E-state index in [1.807, 2.05) is 6.07 Å². The van der Waals surface area contributed by atoms with Gasteiger partial charge in [-0.15, -0.1) is 0 Å². The molecule has 1 nitrogen and oxygen atoms in total. The summed E-state index contributed by atoms with van der Waals surface area (Å²) in [6.45, 7) is 0.522. The third-order valence-corrected chi connectivity index (χ3v) is 2.68. The molecule has 0 amide bonds. The summed E-state index contributed by atoms with van der Waals surface area (Å²) in [6.07, 6.45) is 0. The van der Waals surface area contributed by atoms with Crippen molar-refractivity contribution in [3.8, 4) is 0 Å². The standard InChI is InChI=1S/C13H10Cl2FN/c14-10-5-11(15)7-13(6-10)17-8-9-2-1-3-12(16)4-9/h1-7,17H,8H2. The van der Waals surface area contributed by atoms with E-state index >= 15 is 0 Å². The Morgan fingerprint density at radius 2 is 1.71 bits per heavy atom. The van der Waals surface area contributed by atoms with Crippen LogP contribution in [0, 0.1) is 5.82 Å². The molecule has 0 atom stereocenters. The van der Waals surface area contributed by atoms with Crippen molar-refractivity contribution < 1.29 is 4.39 Å². The van der Waals surface area contributed by atoms with Gasteiger partial charge in [-0.25, -0.2) is 4.39 Å². The van der Waals surface area contributed by atoms with Gasteiger partial charge in [0.1, 0.15) is 5.82 Å². The Bertz CT molecular complexity index is 508. The third kappa shape index (κ3) is 3.62. The average molecular weight is 270 g/mol. The summed E-state index contributed by atoms with van der Waals surface area (Å²) < 4.78 is 13.0. The monoisotopic (exact) mass is 269 g/mol. The SMILES string of the molecule is Fc1cccc(CNc2cc(Cl)cc(Cl)c2)c1. The fraction of sp³-hybridized carbons (Fsp3) is 0.0769. The maximum atomic E-state index is 13.0. The number of nitrogens with one attached hydrogen (secondary N) is 1. The Kier molecular flexibility index (Phi) is 3.87. The van der Waals surface area contributed by atoms with Gasteiger partial charge >= 0.3 is 0 Å². The number of anilines is 1. The fourth-order valence-electron chi connectivity index (χ4n) is 1.51. The van der Waals surface area contributed by atoms with Crippen LogP contribution in [0.2, 0.25) is 10.0 Å². The van der Waals surface area contributed by atoms with Crippen LogP contribution in [0.5, 0.6) is 0 Å². The molecule has 0 aliphatic heterocycles. The number of rotatable bonds is 3. The second kappa shape index (κ2) is 5.39. The first kappa shape index (κ1) is 12.2. The van der Waals surface area contributed by atoms with Crippen LogP contribution in [0.25, 0.3) is 0 Å². The van der Waals surface area contributed by atoms with Gasteiger partial charge in [0.25, 0.3) is 0 Å². The minimum atomic E-state index is -0.242.